The maximum Gasteiger partial charge on any atom is 0.242 e. The topological polar surface area (TPSA) is 52.7 Å². The number of sulfonamides is 1. The third-order valence-electron chi connectivity index (χ3n) is 4.88. The first-order chi connectivity index (χ1) is 9.91. The first kappa shape index (κ1) is 14.8. The molecule has 0 amide bonds. The smallest absolute Gasteiger partial charge is 0.242 e. The molecule has 3 unspecified atom stereocenters. The second-order valence-electron chi connectivity index (χ2n) is 6.26. The van der Waals surface area contributed by atoms with Gasteiger partial charge >= 0.3 is 0 Å². The predicted octanol–water partition coefficient (Wildman–Crippen LogP) is 0.981. The zero-order chi connectivity index (χ0) is 15.2. The molecule has 1 N–H and O–H groups in total. The van der Waals surface area contributed by atoms with Gasteiger partial charge in [0.1, 0.15) is 0 Å². The Morgan fingerprint density at radius 1 is 1.19 bits per heavy atom. The van der Waals surface area contributed by atoms with Crippen molar-refractivity contribution in [2.45, 2.75) is 17.9 Å². The Morgan fingerprint density at radius 2 is 1.86 bits per heavy atom. The van der Waals surface area contributed by atoms with Crippen molar-refractivity contribution < 1.29 is 8.42 Å². The van der Waals surface area contributed by atoms with Gasteiger partial charge in [-0.3, -0.25) is 0 Å². The van der Waals surface area contributed by atoms with Crippen molar-refractivity contribution >= 4 is 15.7 Å². The molecule has 0 aromatic heterocycles. The summed E-state index contributed by atoms with van der Waals surface area (Å²) in [6, 6.07) is 7.79. The quantitative estimate of drug-likeness (QED) is 0.904. The summed E-state index contributed by atoms with van der Waals surface area (Å²) in [5.74, 6) is 1.42. The number of nitrogens with one attached hydrogen (secondary N) is 1. The van der Waals surface area contributed by atoms with Crippen molar-refractivity contribution in [3.8, 4) is 0 Å². The van der Waals surface area contributed by atoms with Gasteiger partial charge in [0.25, 0.3) is 0 Å². The summed E-state index contributed by atoms with van der Waals surface area (Å²) >= 11 is 0. The van der Waals surface area contributed by atoms with Crippen LogP contribution in [0.3, 0.4) is 0 Å². The average Bonchev–Trinajstić information content (AvgIpc) is 3.02. The Kier molecular flexibility index (Phi) is 3.71. The highest BCUT2D eigenvalue weighted by molar-refractivity contribution is 7.89. The largest absolute Gasteiger partial charge is 0.368 e. The average molecular weight is 309 g/mol. The summed E-state index contributed by atoms with van der Waals surface area (Å²) in [4.78, 5) is 2.76. The third-order valence-corrected chi connectivity index (χ3v) is 6.71. The van der Waals surface area contributed by atoms with Crippen LogP contribution in [0.2, 0.25) is 0 Å². The molecule has 2 fully saturated rings. The molecular weight excluding hydrogens is 286 g/mol. The highest BCUT2D eigenvalue weighted by Gasteiger charge is 2.41. The first-order valence-corrected chi connectivity index (χ1v) is 8.85. The van der Waals surface area contributed by atoms with Crippen LogP contribution in [0.15, 0.2) is 29.2 Å². The van der Waals surface area contributed by atoms with Crippen molar-refractivity contribution in [1.29, 1.82) is 0 Å². The number of hydrogen-bond acceptors (Lipinski definition) is 4. The molecule has 2 aliphatic heterocycles. The molecule has 3 rings (SSSR count). The highest BCUT2D eigenvalue weighted by atomic mass is 32.2. The van der Waals surface area contributed by atoms with Gasteiger partial charge in [-0.25, -0.2) is 12.7 Å². The number of rotatable bonds is 3. The molecule has 5 nitrogen and oxygen atoms in total. The molecule has 1 aromatic carbocycles. The van der Waals surface area contributed by atoms with Crippen molar-refractivity contribution in [3.05, 3.63) is 24.3 Å². The van der Waals surface area contributed by atoms with Crippen LogP contribution in [0.4, 0.5) is 5.69 Å². The van der Waals surface area contributed by atoms with E-state index in [1.165, 1.54) is 4.31 Å². The summed E-state index contributed by atoms with van der Waals surface area (Å²) in [6.07, 6.45) is 0. The fraction of sp³-hybridized carbons (Fsp3) is 0.600. The molecule has 6 heteroatoms. The molecule has 116 valence electrons. The minimum absolute atomic E-state index is 0.352. The number of hydrogen-bond donors (Lipinski definition) is 1. The van der Waals surface area contributed by atoms with Gasteiger partial charge in [-0.1, -0.05) is 0 Å². The molecule has 0 aliphatic carbocycles. The molecule has 0 saturated carbocycles. The van der Waals surface area contributed by atoms with Crippen LogP contribution in [0, 0.1) is 11.8 Å². The van der Waals surface area contributed by atoms with E-state index in [2.05, 4.69) is 17.1 Å². The Morgan fingerprint density at radius 3 is 2.43 bits per heavy atom. The molecule has 2 heterocycles. The monoisotopic (exact) mass is 309 g/mol. The molecule has 2 saturated heterocycles. The van der Waals surface area contributed by atoms with E-state index in [1.807, 2.05) is 12.1 Å². The molecular formula is C15H23N3O2S. The maximum absolute atomic E-state index is 12.1. The van der Waals surface area contributed by atoms with Crippen LogP contribution in [0.25, 0.3) is 0 Å². The van der Waals surface area contributed by atoms with E-state index in [-0.39, 0.29) is 0 Å². The van der Waals surface area contributed by atoms with Gasteiger partial charge in [0, 0.05) is 45.5 Å². The van der Waals surface area contributed by atoms with Crippen LogP contribution in [-0.4, -0.2) is 52.5 Å². The summed E-state index contributed by atoms with van der Waals surface area (Å²) in [5.41, 5.74) is 1.12. The van der Waals surface area contributed by atoms with Crippen LogP contribution < -0.4 is 10.2 Å². The van der Waals surface area contributed by atoms with Gasteiger partial charge in [-0.15, -0.1) is 0 Å². The molecule has 0 bridgehead atoms. The second-order valence-corrected chi connectivity index (χ2v) is 8.41. The van der Waals surface area contributed by atoms with Gasteiger partial charge in [0.2, 0.25) is 10.0 Å². The van der Waals surface area contributed by atoms with Crippen LogP contribution in [0.1, 0.15) is 6.92 Å². The summed E-state index contributed by atoms with van der Waals surface area (Å²) in [5, 5.41) is 3.46. The van der Waals surface area contributed by atoms with E-state index in [9.17, 15) is 8.42 Å². The Balaban J connectivity index is 1.82. The SMILES string of the molecule is CC1C2CNCC2CN1c1ccc(S(=O)(=O)N(C)C)cc1. The Labute approximate surface area is 127 Å². The zero-order valence-electron chi connectivity index (χ0n) is 12.8. The number of anilines is 1. The van der Waals surface area contributed by atoms with Crippen molar-refractivity contribution in [2.75, 3.05) is 38.6 Å². The van der Waals surface area contributed by atoms with Gasteiger partial charge in [0.15, 0.2) is 0 Å². The van der Waals surface area contributed by atoms with E-state index >= 15 is 0 Å². The minimum atomic E-state index is -3.34. The van der Waals surface area contributed by atoms with Gasteiger partial charge in [-0.05, 0) is 43.0 Å². The number of fused-ring (bicyclic) bond motifs is 1. The number of benzene rings is 1. The molecule has 3 atom stereocenters. The summed E-state index contributed by atoms with van der Waals surface area (Å²) < 4.78 is 25.4. The van der Waals surface area contributed by atoms with Crippen molar-refractivity contribution in [1.82, 2.24) is 9.62 Å². The Hall–Kier alpha value is -1.11. The molecule has 0 radical (unpaired) electrons. The highest BCUT2D eigenvalue weighted by Crippen LogP contribution is 2.36. The lowest BCUT2D eigenvalue weighted by molar-refractivity contribution is 0.471. The molecule has 0 spiro atoms. The molecule has 1 aromatic rings. The zero-order valence-corrected chi connectivity index (χ0v) is 13.6. The summed E-state index contributed by atoms with van der Waals surface area (Å²) in [6.45, 7) is 5.51. The van der Waals surface area contributed by atoms with Crippen LogP contribution in [-0.2, 0) is 10.0 Å². The predicted molar refractivity (Wildman–Crippen MR) is 84.0 cm³/mol. The van der Waals surface area contributed by atoms with Gasteiger partial charge in [0.05, 0.1) is 4.90 Å². The first-order valence-electron chi connectivity index (χ1n) is 7.41. The van der Waals surface area contributed by atoms with E-state index in [0.29, 0.717) is 22.8 Å². The lowest BCUT2D eigenvalue weighted by Crippen LogP contribution is -2.33. The number of nitrogens with zero attached hydrogens (tertiary/aromatic N) is 2. The standard InChI is InChI=1S/C15H23N3O2S/c1-11-15-9-16-8-12(15)10-18(11)13-4-6-14(7-5-13)21(19,20)17(2)3/h4-7,11-12,15-16H,8-10H2,1-3H3. The van der Waals surface area contributed by atoms with Gasteiger partial charge < -0.3 is 10.2 Å². The van der Waals surface area contributed by atoms with E-state index < -0.39 is 10.0 Å². The lowest BCUT2D eigenvalue weighted by Gasteiger charge is -2.27. The van der Waals surface area contributed by atoms with Gasteiger partial charge in [-0.2, -0.15) is 0 Å². The van der Waals surface area contributed by atoms with E-state index in [4.69, 9.17) is 0 Å². The van der Waals surface area contributed by atoms with E-state index in [1.54, 1.807) is 26.2 Å². The van der Waals surface area contributed by atoms with Crippen molar-refractivity contribution in [2.24, 2.45) is 11.8 Å². The minimum Gasteiger partial charge on any atom is -0.368 e. The Bertz CT molecular complexity index is 612. The normalized spacial score (nSPS) is 29.1. The third kappa shape index (κ3) is 2.45. The molecule has 21 heavy (non-hydrogen) atoms. The fourth-order valence-corrected chi connectivity index (χ4v) is 4.43. The fourth-order valence-electron chi connectivity index (χ4n) is 3.53. The summed E-state index contributed by atoms with van der Waals surface area (Å²) in [7, 11) is -0.230. The maximum atomic E-state index is 12.1. The second kappa shape index (κ2) is 5.26. The van der Waals surface area contributed by atoms with Crippen molar-refractivity contribution in [3.63, 3.8) is 0 Å². The van der Waals surface area contributed by atoms with Crippen LogP contribution >= 0.6 is 0 Å². The van der Waals surface area contributed by atoms with Crippen LogP contribution in [0.5, 0.6) is 0 Å². The molecule has 2 aliphatic rings. The van der Waals surface area contributed by atoms with E-state index in [0.717, 1.165) is 25.3 Å². The lowest BCUT2D eigenvalue weighted by atomic mass is 9.95.